The second kappa shape index (κ2) is 5.61. The first-order valence-electron chi connectivity index (χ1n) is 4.64. The van der Waals surface area contributed by atoms with Crippen molar-refractivity contribution in [3.63, 3.8) is 0 Å². The molecule has 1 N–H and O–H groups in total. The van der Waals surface area contributed by atoms with Crippen LogP contribution in [0.5, 0.6) is 5.75 Å². The van der Waals surface area contributed by atoms with E-state index in [1.54, 1.807) is 0 Å². The van der Waals surface area contributed by atoms with Crippen LogP contribution in [0.1, 0.15) is 11.4 Å². The number of aromatic nitrogens is 1. The van der Waals surface area contributed by atoms with Gasteiger partial charge < -0.3 is 9.84 Å². The number of halogens is 7. The van der Waals surface area contributed by atoms with E-state index in [1.165, 1.54) is 22.6 Å². The molecule has 1 rings (SSSR count). The minimum absolute atomic E-state index is 0.0701. The van der Waals surface area contributed by atoms with E-state index in [9.17, 15) is 31.1 Å². The molecule has 0 saturated carbocycles. The molecule has 0 amide bonds. The number of alkyl halides is 6. The molecule has 1 aromatic heterocycles. The fourth-order valence-electron chi connectivity index (χ4n) is 1.16. The number of hydrogen-bond donors (Lipinski definition) is 1. The monoisotopic (exact) mass is 415 g/mol. The van der Waals surface area contributed by atoms with Crippen LogP contribution in [-0.4, -0.2) is 22.4 Å². The Morgan fingerprint density at radius 1 is 1.30 bits per heavy atom. The number of nitrogens with zero attached hydrogens (tertiary/aromatic N) is 1. The molecule has 0 radical (unpaired) electrons. The lowest BCUT2D eigenvalue weighted by atomic mass is 10.2. The molecule has 0 bridgehead atoms. The Balaban J connectivity index is 3.38. The first-order valence-corrected chi connectivity index (χ1v) is 5.72. The molecule has 0 unspecified atom stereocenters. The number of pyridine rings is 1. The Kier molecular flexibility index (Phi) is 4.71. The average molecular weight is 415 g/mol. The summed E-state index contributed by atoms with van der Waals surface area (Å²) in [6, 6.07) is 0.0701. The fourth-order valence-corrected chi connectivity index (χ4v) is 1.74. The molecule has 0 aliphatic rings. The number of hydrogen-bond acceptors (Lipinski definition) is 3. The maximum atomic E-state index is 12.5. The molecule has 0 aromatic carbocycles. The molecule has 11 heteroatoms. The maximum Gasteiger partial charge on any atom is 0.573 e. The summed E-state index contributed by atoms with van der Waals surface area (Å²) in [7, 11) is 0. The first-order chi connectivity index (χ1) is 8.90. The Morgan fingerprint density at radius 3 is 2.25 bits per heavy atom. The zero-order valence-electron chi connectivity index (χ0n) is 9.14. The maximum absolute atomic E-state index is 12.5. The zero-order valence-corrected chi connectivity index (χ0v) is 11.3. The van der Waals surface area contributed by atoms with Gasteiger partial charge in [0.25, 0.3) is 0 Å². The SMILES string of the molecule is O=C(O)Cc1nc(C(F)(F)F)cc(OC(F)(F)F)c1I. The van der Waals surface area contributed by atoms with E-state index in [4.69, 9.17) is 5.11 Å². The van der Waals surface area contributed by atoms with E-state index in [0.717, 1.165) is 0 Å². The van der Waals surface area contributed by atoms with E-state index in [1.807, 2.05) is 0 Å². The Labute approximate surface area is 120 Å². The van der Waals surface area contributed by atoms with Crippen molar-refractivity contribution in [1.29, 1.82) is 0 Å². The van der Waals surface area contributed by atoms with Crippen LogP contribution in [0.15, 0.2) is 6.07 Å². The van der Waals surface area contributed by atoms with Crippen LogP contribution in [0.25, 0.3) is 0 Å². The lowest BCUT2D eigenvalue weighted by Crippen LogP contribution is -2.20. The summed E-state index contributed by atoms with van der Waals surface area (Å²) in [5.41, 5.74) is -2.32. The van der Waals surface area contributed by atoms with Crippen LogP contribution in [0.4, 0.5) is 26.3 Å². The highest BCUT2D eigenvalue weighted by Gasteiger charge is 2.37. The van der Waals surface area contributed by atoms with E-state index in [0.29, 0.717) is 0 Å². The molecule has 0 fully saturated rings. The summed E-state index contributed by atoms with van der Waals surface area (Å²) >= 11 is 1.24. The van der Waals surface area contributed by atoms with Crippen molar-refractivity contribution in [3.05, 3.63) is 21.0 Å². The van der Waals surface area contributed by atoms with E-state index in [-0.39, 0.29) is 6.07 Å². The standard InChI is InChI=1S/C9H4F6INO3/c10-8(11,12)5-2-4(20-9(13,14)15)7(16)3(17-5)1-6(18)19/h2H,1H2,(H,18,19). The number of rotatable bonds is 3. The van der Waals surface area contributed by atoms with Crippen LogP contribution < -0.4 is 4.74 Å². The minimum Gasteiger partial charge on any atom is -0.481 e. The van der Waals surface area contributed by atoms with Gasteiger partial charge in [0, 0.05) is 6.07 Å². The summed E-state index contributed by atoms with van der Waals surface area (Å²) in [4.78, 5) is 13.5. The van der Waals surface area contributed by atoms with Crippen LogP contribution in [0.3, 0.4) is 0 Å². The zero-order chi connectivity index (χ0) is 15.7. The molecule has 0 spiro atoms. The molecule has 0 aliphatic heterocycles. The van der Waals surface area contributed by atoms with Crippen molar-refractivity contribution >= 4 is 28.6 Å². The summed E-state index contributed by atoms with van der Waals surface area (Å²) in [5, 5.41) is 8.52. The molecular formula is C9H4F6INO3. The lowest BCUT2D eigenvalue weighted by molar-refractivity contribution is -0.275. The van der Waals surface area contributed by atoms with Gasteiger partial charge in [0.1, 0.15) is 11.4 Å². The molecule has 112 valence electrons. The van der Waals surface area contributed by atoms with Crippen molar-refractivity contribution in [1.82, 2.24) is 4.98 Å². The van der Waals surface area contributed by atoms with Crippen molar-refractivity contribution < 1.29 is 41.0 Å². The van der Waals surface area contributed by atoms with Gasteiger partial charge in [0.05, 0.1) is 15.7 Å². The smallest absolute Gasteiger partial charge is 0.481 e. The Morgan fingerprint density at radius 2 is 1.85 bits per heavy atom. The van der Waals surface area contributed by atoms with Gasteiger partial charge in [0.2, 0.25) is 0 Å². The number of carbonyl (C=O) groups is 1. The predicted molar refractivity (Wildman–Crippen MR) is 60.0 cm³/mol. The number of carboxylic acid groups (broad SMARTS) is 1. The topological polar surface area (TPSA) is 59.4 Å². The number of ether oxygens (including phenoxy) is 1. The Bertz CT molecular complexity index is 528. The largest absolute Gasteiger partial charge is 0.573 e. The van der Waals surface area contributed by atoms with Crippen molar-refractivity contribution in [2.24, 2.45) is 0 Å². The summed E-state index contributed by atoms with van der Waals surface area (Å²) in [5.74, 6) is -2.68. The molecule has 0 atom stereocenters. The van der Waals surface area contributed by atoms with E-state index < -0.39 is 45.6 Å². The van der Waals surface area contributed by atoms with Gasteiger partial charge in [-0.25, -0.2) is 4.98 Å². The normalized spacial score (nSPS) is 12.3. The van der Waals surface area contributed by atoms with Crippen molar-refractivity contribution in [3.8, 4) is 5.75 Å². The second-order valence-electron chi connectivity index (χ2n) is 3.38. The highest BCUT2D eigenvalue weighted by Crippen LogP contribution is 2.35. The van der Waals surface area contributed by atoms with Crippen LogP contribution in [0.2, 0.25) is 0 Å². The average Bonchev–Trinajstić information content (AvgIpc) is 2.19. The number of carboxylic acids is 1. The molecular weight excluding hydrogens is 411 g/mol. The summed E-state index contributed by atoms with van der Waals surface area (Å²) in [6.45, 7) is 0. The van der Waals surface area contributed by atoms with Gasteiger partial charge in [-0.15, -0.1) is 13.2 Å². The number of aliphatic carboxylic acids is 1. The molecule has 0 saturated heterocycles. The van der Waals surface area contributed by atoms with E-state index >= 15 is 0 Å². The van der Waals surface area contributed by atoms with Crippen molar-refractivity contribution in [2.45, 2.75) is 19.0 Å². The van der Waals surface area contributed by atoms with Crippen LogP contribution in [-0.2, 0) is 17.4 Å². The van der Waals surface area contributed by atoms with Gasteiger partial charge in [0.15, 0.2) is 0 Å². The van der Waals surface area contributed by atoms with Gasteiger partial charge in [-0.3, -0.25) is 4.79 Å². The molecule has 20 heavy (non-hydrogen) atoms. The van der Waals surface area contributed by atoms with Gasteiger partial charge in [-0.05, 0) is 22.6 Å². The van der Waals surface area contributed by atoms with Gasteiger partial charge in [-0.2, -0.15) is 13.2 Å². The molecule has 1 aromatic rings. The molecule has 0 aliphatic carbocycles. The molecule has 4 nitrogen and oxygen atoms in total. The van der Waals surface area contributed by atoms with Crippen LogP contribution in [0, 0.1) is 3.57 Å². The predicted octanol–water partition coefficient (Wildman–Crippen LogP) is 3.23. The third-order valence-electron chi connectivity index (χ3n) is 1.83. The van der Waals surface area contributed by atoms with Gasteiger partial charge >= 0.3 is 18.5 Å². The van der Waals surface area contributed by atoms with Crippen molar-refractivity contribution in [2.75, 3.05) is 0 Å². The summed E-state index contributed by atoms with van der Waals surface area (Å²) < 4.78 is 76.8. The van der Waals surface area contributed by atoms with E-state index in [2.05, 4.69) is 9.72 Å². The first kappa shape index (κ1) is 16.8. The fraction of sp³-hybridized carbons (Fsp3) is 0.333. The summed E-state index contributed by atoms with van der Waals surface area (Å²) in [6.07, 6.45) is -11.2. The third kappa shape index (κ3) is 4.68. The molecule has 1 heterocycles. The van der Waals surface area contributed by atoms with Crippen LogP contribution >= 0.6 is 22.6 Å². The minimum atomic E-state index is -5.20. The quantitative estimate of drug-likeness (QED) is 0.609. The second-order valence-corrected chi connectivity index (χ2v) is 4.46. The lowest BCUT2D eigenvalue weighted by Gasteiger charge is -2.15. The highest BCUT2D eigenvalue weighted by atomic mass is 127. The van der Waals surface area contributed by atoms with Gasteiger partial charge in [-0.1, -0.05) is 0 Å². The Hall–Kier alpha value is -1.27. The highest BCUT2D eigenvalue weighted by molar-refractivity contribution is 14.1. The third-order valence-corrected chi connectivity index (χ3v) is 2.98.